The Morgan fingerprint density at radius 1 is 0.411 bits per heavy atom. The van der Waals surface area contributed by atoms with Crippen molar-refractivity contribution in [2.45, 2.75) is 103 Å². The van der Waals surface area contributed by atoms with Crippen LogP contribution in [0.1, 0.15) is 103 Å². The minimum Gasteiger partial charge on any atom is -0.248 e. The number of para-hydroxylation sites is 2. The van der Waals surface area contributed by atoms with Crippen LogP contribution in [0.15, 0.2) is 146 Å². The Hall–Kier alpha value is -4.22. The minimum absolute atomic E-state index is 0.173. The van der Waals surface area contributed by atoms with Crippen LogP contribution in [0.5, 0.6) is 0 Å². The summed E-state index contributed by atoms with van der Waals surface area (Å²) in [5.74, 6) is 0. The van der Waals surface area contributed by atoms with Crippen LogP contribution in [0.25, 0.3) is 21.8 Å². The van der Waals surface area contributed by atoms with Gasteiger partial charge in [-0.05, 0) is 74.1 Å². The van der Waals surface area contributed by atoms with Crippen LogP contribution < -0.4 is 10.9 Å². The van der Waals surface area contributed by atoms with Crippen LogP contribution in [0.4, 0.5) is 0 Å². The van der Waals surface area contributed by atoms with Crippen molar-refractivity contribution in [3.05, 3.63) is 179 Å². The maximum absolute atomic E-state index is 5.41. The average Bonchev–Trinajstić information content (AvgIpc) is 3.18. The van der Waals surface area contributed by atoms with Gasteiger partial charge >= 0.3 is 0 Å². The van der Waals surface area contributed by atoms with Crippen LogP contribution in [0, 0.1) is 0 Å². The number of rotatable bonds is 10. The van der Waals surface area contributed by atoms with Gasteiger partial charge in [0, 0.05) is 35.7 Å². The molecule has 0 N–H and O–H groups in total. The number of aromatic nitrogens is 2. The summed E-state index contributed by atoms with van der Waals surface area (Å²) < 4.78 is 0. The van der Waals surface area contributed by atoms with E-state index in [2.05, 4.69) is 215 Å². The molecule has 0 spiro atoms. The lowest BCUT2D eigenvalue weighted by atomic mass is 9.67. The molecule has 0 atom stereocenters. The largest absolute Gasteiger partial charge is 0.248 e. The topological polar surface area (TPSA) is 25.8 Å². The molecule has 0 radical (unpaired) electrons. The summed E-state index contributed by atoms with van der Waals surface area (Å²) in [7, 11) is -1.39. The van der Waals surface area contributed by atoms with E-state index in [1.54, 1.807) is 0 Å². The predicted molar refractivity (Wildman–Crippen MR) is 247 cm³/mol. The van der Waals surface area contributed by atoms with Gasteiger partial charge in [-0.1, -0.05) is 198 Å². The Morgan fingerprint density at radius 3 is 1.20 bits per heavy atom. The molecule has 0 amide bonds. The Balaban J connectivity index is 1.51. The molecule has 286 valence electrons. The van der Waals surface area contributed by atoms with Gasteiger partial charge in [0.1, 0.15) is 0 Å². The van der Waals surface area contributed by atoms with E-state index in [0.717, 1.165) is 34.2 Å². The third kappa shape index (κ3) is 8.26. The van der Waals surface area contributed by atoms with Gasteiger partial charge in [0.25, 0.3) is 0 Å². The first kappa shape index (κ1) is 40.0. The van der Waals surface area contributed by atoms with E-state index in [-0.39, 0.29) is 21.1 Å². The van der Waals surface area contributed by atoms with Gasteiger partial charge in [-0.25, -0.2) is 9.97 Å². The number of pyridine rings is 2. The summed E-state index contributed by atoms with van der Waals surface area (Å²) in [5, 5.41) is 2.68. The van der Waals surface area contributed by atoms with Crippen molar-refractivity contribution in [3.63, 3.8) is 0 Å². The van der Waals surface area contributed by atoms with Gasteiger partial charge in [0.2, 0.25) is 0 Å². The van der Waals surface area contributed by atoms with Gasteiger partial charge in [0.05, 0.1) is 21.9 Å². The summed E-state index contributed by atoms with van der Waals surface area (Å²) in [6.45, 7) is 24.4. The molecule has 0 unspecified atom stereocenters. The quantitative estimate of drug-likeness (QED) is 0.129. The highest BCUT2D eigenvalue weighted by Gasteiger charge is 2.38. The minimum atomic E-state index is -0.970. The monoisotopic (exact) mass is 772 g/mol. The second-order valence-corrected chi connectivity index (χ2v) is 24.3. The molecule has 0 bridgehead atoms. The number of benzene rings is 5. The van der Waals surface area contributed by atoms with Crippen molar-refractivity contribution in [1.82, 2.24) is 9.97 Å². The van der Waals surface area contributed by atoms with Crippen LogP contribution in [-0.4, -0.2) is 20.3 Å². The van der Waals surface area contributed by atoms with E-state index in [1.807, 2.05) is 0 Å². The molecule has 0 saturated carbocycles. The Morgan fingerprint density at radius 2 is 0.786 bits per heavy atom. The second-order valence-electron chi connectivity index (χ2n) is 18.4. The van der Waals surface area contributed by atoms with Crippen molar-refractivity contribution < 1.29 is 0 Å². The van der Waals surface area contributed by atoms with E-state index in [9.17, 15) is 0 Å². The summed E-state index contributed by atoms with van der Waals surface area (Å²) in [6, 6.07) is 53.5. The Labute approximate surface area is 338 Å². The van der Waals surface area contributed by atoms with Crippen molar-refractivity contribution >= 4 is 48.5 Å². The average molecular weight is 773 g/mol. The van der Waals surface area contributed by atoms with Gasteiger partial charge in [-0.15, -0.1) is 0 Å². The number of fused-ring (bicyclic) bond motifs is 2. The van der Waals surface area contributed by atoms with Crippen molar-refractivity contribution in [2.75, 3.05) is 0 Å². The Bertz CT molecular complexity index is 2360. The molecule has 0 fully saturated rings. The fraction of sp³-hybridized carbons (Fsp3) is 0.308. The third-order valence-electron chi connectivity index (χ3n) is 11.7. The fourth-order valence-corrected chi connectivity index (χ4v) is 14.3. The molecule has 7 rings (SSSR count). The zero-order valence-corrected chi connectivity index (χ0v) is 36.8. The van der Waals surface area contributed by atoms with Crippen LogP contribution >= 0.6 is 15.8 Å². The maximum Gasteiger partial charge on any atom is 0.0709 e. The number of hydrogen-bond donors (Lipinski definition) is 0. The zero-order valence-electron chi connectivity index (χ0n) is 35.1. The van der Waals surface area contributed by atoms with Gasteiger partial charge in [-0.2, -0.15) is 0 Å². The van der Waals surface area contributed by atoms with Gasteiger partial charge < -0.3 is 0 Å². The van der Waals surface area contributed by atoms with E-state index >= 15 is 0 Å². The zero-order chi connectivity index (χ0) is 39.9. The second kappa shape index (κ2) is 15.6. The molecule has 0 aliphatic carbocycles. The predicted octanol–water partition coefficient (Wildman–Crippen LogP) is 13.6. The third-order valence-corrected chi connectivity index (χ3v) is 17.8. The van der Waals surface area contributed by atoms with Crippen LogP contribution in [0.2, 0.25) is 0 Å². The first-order valence-corrected chi connectivity index (χ1v) is 23.1. The van der Waals surface area contributed by atoms with Crippen LogP contribution in [-0.2, 0) is 23.2 Å². The molecule has 7 aromatic rings. The van der Waals surface area contributed by atoms with E-state index in [1.165, 1.54) is 44.2 Å². The molecular formula is C52H58N2P2. The summed E-state index contributed by atoms with van der Waals surface area (Å²) >= 11 is 0. The van der Waals surface area contributed by atoms with E-state index in [4.69, 9.17) is 9.97 Å². The van der Waals surface area contributed by atoms with Crippen LogP contribution in [0.3, 0.4) is 0 Å². The number of nitrogens with zero attached hydrogens (tertiary/aromatic N) is 2. The molecular weight excluding hydrogens is 715 g/mol. The normalized spacial score (nSPS) is 12.9. The fourth-order valence-electron chi connectivity index (χ4n) is 8.55. The summed E-state index contributed by atoms with van der Waals surface area (Å²) in [6.07, 6.45) is 1.92. The molecule has 2 aromatic heterocycles. The molecule has 5 aromatic carbocycles. The highest BCUT2D eigenvalue weighted by molar-refractivity contribution is 7.71. The lowest BCUT2D eigenvalue weighted by molar-refractivity contribution is 0.577. The lowest BCUT2D eigenvalue weighted by Gasteiger charge is -2.43. The molecule has 0 saturated heterocycles. The van der Waals surface area contributed by atoms with Crippen molar-refractivity contribution in [2.24, 2.45) is 0 Å². The molecule has 2 heterocycles. The molecule has 56 heavy (non-hydrogen) atoms. The summed E-state index contributed by atoms with van der Waals surface area (Å²) in [5.41, 5.74) is 12.2. The van der Waals surface area contributed by atoms with E-state index < -0.39 is 15.8 Å². The first-order valence-electron chi connectivity index (χ1n) is 20.1. The highest BCUT2D eigenvalue weighted by Crippen LogP contribution is 2.62. The summed E-state index contributed by atoms with van der Waals surface area (Å²) in [4.78, 5) is 10.8. The smallest absolute Gasteiger partial charge is 0.0709 e. The Kier molecular flexibility index (Phi) is 11.1. The highest BCUT2D eigenvalue weighted by atomic mass is 31.1. The van der Waals surface area contributed by atoms with E-state index in [0.29, 0.717) is 0 Å². The van der Waals surface area contributed by atoms with Gasteiger partial charge in [0.15, 0.2) is 0 Å². The maximum atomic E-state index is 5.41. The van der Waals surface area contributed by atoms with Gasteiger partial charge in [-0.3, -0.25) is 0 Å². The number of hydrogen-bond acceptors (Lipinski definition) is 2. The molecule has 4 heteroatoms. The standard InChI is InChI=1S/C52H58N2P2/c1-49(2,3)56(50(4,5)6)36-40-34-44(52(9,10)42-25-15-12-16-26-42)43(51(7,8)41-23-13-11-14-24-41)33-39(40)35-55(47-31-29-37-21-17-19-27-45(37)53-47)48-32-30-38-22-18-20-28-46(38)54-48/h11-34H,35-36H2,1-10H3. The first-order chi connectivity index (χ1) is 26.5. The van der Waals surface area contributed by atoms with Crippen molar-refractivity contribution in [3.8, 4) is 0 Å². The molecule has 0 aliphatic heterocycles. The SMILES string of the molecule is CC(C)(c1ccccc1)c1cc(CP(c2ccc3ccccc3n2)c2ccc3ccccc3n2)c(CP(C(C)(C)C)C(C)(C)C)cc1C(C)(C)c1ccccc1. The van der Waals surface area contributed by atoms with Crippen molar-refractivity contribution in [1.29, 1.82) is 0 Å². The lowest BCUT2D eigenvalue weighted by Crippen LogP contribution is -2.30. The molecule has 2 nitrogen and oxygen atoms in total. The molecule has 0 aliphatic rings.